The minimum absolute atomic E-state index is 0.171. The van der Waals surface area contributed by atoms with Gasteiger partial charge in [-0.1, -0.05) is 28.1 Å². The van der Waals surface area contributed by atoms with Crippen LogP contribution in [0.2, 0.25) is 0 Å². The third-order valence-corrected chi connectivity index (χ3v) is 3.64. The van der Waals surface area contributed by atoms with E-state index in [4.69, 9.17) is 9.84 Å². The Morgan fingerprint density at radius 3 is 2.50 bits per heavy atom. The summed E-state index contributed by atoms with van der Waals surface area (Å²) in [7, 11) is 0. The monoisotopic (exact) mass is 313 g/mol. The minimum Gasteiger partial charge on any atom is -0.465 e. The minimum atomic E-state index is -0.832. The molecule has 0 aliphatic carbocycles. The summed E-state index contributed by atoms with van der Waals surface area (Å²) in [6.45, 7) is 1.73. The van der Waals surface area contributed by atoms with Gasteiger partial charge in [-0.05, 0) is 30.5 Å². The highest BCUT2D eigenvalue weighted by atomic mass is 79.9. The molecule has 1 amide bonds. The summed E-state index contributed by atoms with van der Waals surface area (Å²) in [5.74, 6) is 0. The molecule has 1 aromatic rings. The number of carbonyl (C=O) groups is 1. The maximum absolute atomic E-state index is 10.8. The van der Waals surface area contributed by atoms with Gasteiger partial charge in [0.2, 0.25) is 0 Å². The van der Waals surface area contributed by atoms with Crippen molar-refractivity contribution in [3.63, 3.8) is 0 Å². The molecule has 1 heterocycles. The summed E-state index contributed by atoms with van der Waals surface area (Å²) < 4.78 is 6.86. The predicted octanol–water partition coefficient (Wildman–Crippen LogP) is 3.11. The number of piperidine rings is 1. The van der Waals surface area contributed by atoms with Gasteiger partial charge in [0, 0.05) is 17.6 Å². The molecule has 0 unspecified atom stereocenters. The van der Waals surface area contributed by atoms with E-state index in [9.17, 15) is 4.79 Å². The molecule has 0 aromatic heterocycles. The van der Waals surface area contributed by atoms with Crippen LogP contribution < -0.4 is 0 Å². The van der Waals surface area contributed by atoms with E-state index in [0.29, 0.717) is 19.7 Å². The zero-order valence-corrected chi connectivity index (χ0v) is 11.6. The van der Waals surface area contributed by atoms with E-state index in [1.807, 2.05) is 24.3 Å². The Morgan fingerprint density at radius 1 is 1.33 bits per heavy atom. The van der Waals surface area contributed by atoms with E-state index >= 15 is 0 Å². The third kappa shape index (κ3) is 3.71. The number of halogens is 1. The van der Waals surface area contributed by atoms with Crippen molar-refractivity contribution in [1.29, 1.82) is 0 Å². The fourth-order valence-corrected chi connectivity index (χ4v) is 2.27. The summed E-state index contributed by atoms with van der Waals surface area (Å²) in [6.07, 6.45) is 0.900. The SMILES string of the molecule is O=C(O)N1CCC(OCc2ccc(Br)cc2)CC1. The number of likely N-dealkylation sites (tertiary alicyclic amines) is 1. The fraction of sp³-hybridized carbons (Fsp3) is 0.462. The molecule has 2 rings (SSSR count). The normalized spacial score (nSPS) is 16.8. The Hall–Kier alpha value is -1.07. The van der Waals surface area contributed by atoms with Gasteiger partial charge in [0.15, 0.2) is 0 Å². The van der Waals surface area contributed by atoms with E-state index in [2.05, 4.69) is 15.9 Å². The Balaban J connectivity index is 1.75. The van der Waals surface area contributed by atoms with Crippen molar-refractivity contribution < 1.29 is 14.6 Å². The van der Waals surface area contributed by atoms with Gasteiger partial charge in [-0.3, -0.25) is 0 Å². The van der Waals surface area contributed by atoms with Crippen molar-refractivity contribution >= 4 is 22.0 Å². The number of nitrogens with zero attached hydrogens (tertiary/aromatic N) is 1. The summed E-state index contributed by atoms with van der Waals surface area (Å²) in [5, 5.41) is 8.84. The largest absolute Gasteiger partial charge is 0.465 e. The van der Waals surface area contributed by atoms with Crippen LogP contribution in [-0.2, 0) is 11.3 Å². The number of amides is 1. The Labute approximate surface area is 115 Å². The molecule has 5 heteroatoms. The van der Waals surface area contributed by atoms with Crippen molar-refractivity contribution in [3.05, 3.63) is 34.3 Å². The van der Waals surface area contributed by atoms with Crippen LogP contribution in [0.5, 0.6) is 0 Å². The maximum atomic E-state index is 10.8. The lowest BCUT2D eigenvalue weighted by atomic mass is 10.1. The summed E-state index contributed by atoms with van der Waals surface area (Å²) in [5.41, 5.74) is 1.14. The van der Waals surface area contributed by atoms with Gasteiger partial charge in [0.1, 0.15) is 0 Å². The molecule has 98 valence electrons. The Kier molecular flexibility index (Phi) is 4.60. The molecule has 18 heavy (non-hydrogen) atoms. The van der Waals surface area contributed by atoms with Crippen LogP contribution in [0.15, 0.2) is 28.7 Å². The number of ether oxygens (including phenoxy) is 1. The molecule has 1 N–H and O–H groups in total. The number of benzene rings is 1. The van der Waals surface area contributed by atoms with Gasteiger partial charge in [-0.15, -0.1) is 0 Å². The van der Waals surface area contributed by atoms with Crippen LogP contribution in [0, 0.1) is 0 Å². The first-order chi connectivity index (χ1) is 8.65. The van der Waals surface area contributed by atoms with Gasteiger partial charge in [0.25, 0.3) is 0 Å². The first-order valence-corrected chi connectivity index (χ1v) is 6.78. The maximum Gasteiger partial charge on any atom is 0.407 e. The van der Waals surface area contributed by atoms with E-state index in [1.165, 1.54) is 4.90 Å². The molecule has 1 saturated heterocycles. The average molecular weight is 314 g/mol. The Morgan fingerprint density at radius 2 is 1.94 bits per heavy atom. The Bertz CT molecular complexity index is 399. The molecule has 0 bridgehead atoms. The molecule has 1 aliphatic heterocycles. The quantitative estimate of drug-likeness (QED) is 0.932. The van der Waals surface area contributed by atoms with Crippen molar-refractivity contribution in [2.45, 2.75) is 25.6 Å². The van der Waals surface area contributed by atoms with Crippen LogP contribution >= 0.6 is 15.9 Å². The van der Waals surface area contributed by atoms with Gasteiger partial charge in [-0.2, -0.15) is 0 Å². The van der Waals surface area contributed by atoms with Gasteiger partial charge >= 0.3 is 6.09 Å². The highest BCUT2D eigenvalue weighted by molar-refractivity contribution is 9.10. The topological polar surface area (TPSA) is 49.8 Å². The van der Waals surface area contributed by atoms with Crippen LogP contribution in [0.3, 0.4) is 0 Å². The van der Waals surface area contributed by atoms with E-state index < -0.39 is 6.09 Å². The lowest BCUT2D eigenvalue weighted by Gasteiger charge is -2.29. The molecular weight excluding hydrogens is 298 g/mol. The highest BCUT2D eigenvalue weighted by Crippen LogP contribution is 2.17. The second-order valence-corrected chi connectivity index (χ2v) is 5.32. The van der Waals surface area contributed by atoms with Crippen molar-refractivity contribution in [3.8, 4) is 0 Å². The van der Waals surface area contributed by atoms with E-state index in [0.717, 1.165) is 22.9 Å². The van der Waals surface area contributed by atoms with Crippen molar-refractivity contribution in [2.24, 2.45) is 0 Å². The molecule has 1 fully saturated rings. The molecule has 0 atom stereocenters. The lowest BCUT2D eigenvalue weighted by molar-refractivity contribution is 0.000367. The molecule has 1 aromatic carbocycles. The number of carboxylic acid groups (broad SMARTS) is 1. The predicted molar refractivity (Wildman–Crippen MR) is 71.6 cm³/mol. The number of hydrogen-bond acceptors (Lipinski definition) is 2. The van der Waals surface area contributed by atoms with E-state index in [1.54, 1.807) is 0 Å². The molecular formula is C13H16BrNO3. The standard InChI is InChI=1S/C13H16BrNO3/c14-11-3-1-10(2-4-11)9-18-12-5-7-15(8-6-12)13(16)17/h1-4,12H,5-9H2,(H,16,17). The molecule has 4 nitrogen and oxygen atoms in total. The fourth-order valence-electron chi connectivity index (χ4n) is 2.01. The summed E-state index contributed by atoms with van der Waals surface area (Å²) in [6, 6.07) is 8.03. The smallest absolute Gasteiger partial charge is 0.407 e. The van der Waals surface area contributed by atoms with Crippen LogP contribution in [0.1, 0.15) is 18.4 Å². The molecule has 1 aliphatic rings. The third-order valence-electron chi connectivity index (χ3n) is 3.11. The lowest BCUT2D eigenvalue weighted by Crippen LogP contribution is -2.40. The highest BCUT2D eigenvalue weighted by Gasteiger charge is 2.22. The van der Waals surface area contributed by atoms with Crippen LogP contribution in [-0.4, -0.2) is 35.3 Å². The first-order valence-electron chi connectivity index (χ1n) is 5.99. The first kappa shape index (κ1) is 13.4. The summed E-state index contributed by atoms with van der Waals surface area (Å²) in [4.78, 5) is 12.2. The van der Waals surface area contributed by atoms with Gasteiger partial charge < -0.3 is 14.7 Å². The van der Waals surface area contributed by atoms with Gasteiger partial charge in [0.05, 0.1) is 12.7 Å². The van der Waals surface area contributed by atoms with Crippen LogP contribution in [0.4, 0.5) is 4.79 Å². The van der Waals surface area contributed by atoms with Crippen molar-refractivity contribution in [2.75, 3.05) is 13.1 Å². The summed E-state index contributed by atoms with van der Waals surface area (Å²) >= 11 is 3.39. The number of rotatable bonds is 3. The second kappa shape index (κ2) is 6.20. The zero-order chi connectivity index (χ0) is 13.0. The molecule has 0 saturated carbocycles. The second-order valence-electron chi connectivity index (χ2n) is 4.41. The van der Waals surface area contributed by atoms with Crippen molar-refractivity contribution in [1.82, 2.24) is 4.90 Å². The van der Waals surface area contributed by atoms with Gasteiger partial charge in [-0.25, -0.2) is 4.79 Å². The van der Waals surface area contributed by atoms with Crippen LogP contribution in [0.25, 0.3) is 0 Å². The van der Waals surface area contributed by atoms with E-state index in [-0.39, 0.29) is 6.10 Å². The molecule has 0 radical (unpaired) electrons. The average Bonchev–Trinajstić information content (AvgIpc) is 2.38. The number of hydrogen-bond donors (Lipinski definition) is 1. The zero-order valence-electron chi connectivity index (χ0n) is 10.0. The molecule has 0 spiro atoms.